The summed E-state index contributed by atoms with van der Waals surface area (Å²) in [5.74, 6) is -0.757. The maximum Gasteiger partial charge on any atom is 0.339 e. The Balaban J connectivity index is 2.82. The van der Waals surface area contributed by atoms with Gasteiger partial charge in [0.2, 0.25) is 5.95 Å². The van der Waals surface area contributed by atoms with Crippen molar-refractivity contribution in [2.24, 2.45) is 0 Å². The lowest BCUT2D eigenvalue weighted by Gasteiger charge is -2.14. The van der Waals surface area contributed by atoms with Gasteiger partial charge in [0.1, 0.15) is 0 Å². The van der Waals surface area contributed by atoms with Gasteiger partial charge in [-0.05, 0) is 13.3 Å². The van der Waals surface area contributed by atoms with Crippen molar-refractivity contribution in [2.75, 3.05) is 11.9 Å². The lowest BCUT2D eigenvalue weighted by atomic mass is 10.2. The zero-order chi connectivity index (χ0) is 12.8. The average Bonchev–Trinajstić information content (AvgIpc) is 2.28. The summed E-state index contributed by atoms with van der Waals surface area (Å²) in [6, 6.07) is -0.220. The molecule has 1 unspecified atom stereocenters. The number of aromatic carboxylic acids is 1. The number of nitrogens with zero attached hydrogens (tertiary/aromatic N) is 2. The lowest BCUT2D eigenvalue weighted by Crippen LogP contribution is -2.24. The number of rotatable bonds is 6. The molecule has 0 aliphatic rings. The second-order valence-electron chi connectivity index (χ2n) is 3.55. The Labute approximate surface area is 99.0 Å². The minimum atomic E-state index is -1.06. The van der Waals surface area contributed by atoms with E-state index in [9.17, 15) is 4.79 Å². The average molecular weight is 237 g/mol. The molecule has 0 spiro atoms. The quantitative estimate of drug-likeness (QED) is 0.634. The van der Waals surface area contributed by atoms with Crippen molar-refractivity contribution in [2.45, 2.75) is 19.4 Å². The van der Waals surface area contributed by atoms with E-state index < -0.39 is 5.97 Å². The van der Waals surface area contributed by atoms with Crippen LogP contribution in [0.5, 0.6) is 0 Å². The highest BCUT2D eigenvalue weighted by molar-refractivity contribution is 5.88. The van der Waals surface area contributed by atoms with Gasteiger partial charge in [-0.2, -0.15) is 0 Å². The van der Waals surface area contributed by atoms with Crippen LogP contribution in [0, 0.1) is 6.92 Å². The van der Waals surface area contributed by atoms with Crippen LogP contribution in [0.1, 0.15) is 22.5 Å². The van der Waals surface area contributed by atoms with Crippen molar-refractivity contribution in [1.29, 1.82) is 0 Å². The van der Waals surface area contributed by atoms with E-state index in [1.54, 1.807) is 13.0 Å². The first-order valence-corrected chi connectivity index (χ1v) is 5.13. The maximum atomic E-state index is 10.8. The first kappa shape index (κ1) is 13.1. The molecule has 1 heterocycles. The summed E-state index contributed by atoms with van der Waals surface area (Å²) in [4.78, 5) is 18.7. The molecule has 1 rings (SSSR count). The molecule has 0 aromatic carbocycles. The van der Waals surface area contributed by atoms with Crippen LogP contribution in [0.15, 0.2) is 18.9 Å². The Hall–Kier alpha value is -1.95. The normalized spacial score (nSPS) is 11.9. The fraction of sp³-hybridized carbons (Fsp3) is 0.364. The number of nitrogens with one attached hydrogen (secondary N) is 1. The molecular formula is C11H15N3O3. The Morgan fingerprint density at radius 2 is 2.41 bits per heavy atom. The number of carboxylic acid groups (broad SMARTS) is 1. The number of anilines is 1. The van der Waals surface area contributed by atoms with Crippen LogP contribution in [-0.2, 0) is 0 Å². The molecule has 0 amide bonds. The number of hydrogen-bond donors (Lipinski definition) is 3. The van der Waals surface area contributed by atoms with Crippen LogP contribution in [0.3, 0.4) is 0 Å². The van der Waals surface area contributed by atoms with E-state index in [1.165, 1.54) is 6.20 Å². The number of hydrogen-bond acceptors (Lipinski definition) is 5. The molecule has 0 radical (unpaired) electrons. The Kier molecular flexibility index (Phi) is 4.59. The van der Waals surface area contributed by atoms with Gasteiger partial charge in [0.05, 0.1) is 23.9 Å². The molecule has 0 bridgehead atoms. The van der Waals surface area contributed by atoms with E-state index in [-0.39, 0.29) is 18.2 Å². The van der Waals surface area contributed by atoms with Crippen LogP contribution in [0.4, 0.5) is 5.95 Å². The molecule has 0 aliphatic heterocycles. The molecule has 1 aromatic heterocycles. The van der Waals surface area contributed by atoms with Gasteiger partial charge in [-0.25, -0.2) is 14.8 Å². The lowest BCUT2D eigenvalue weighted by molar-refractivity contribution is 0.0695. The highest BCUT2D eigenvalue weighted by atomic mass is 16.4. The van der Waals surface area contributed by atoms with Crippen molar-refractivity contribution in [3.05, 3.63) is 30.1 Å². The zero-order valence-corrected chi connectivity index (χ0v) is 9.55. The summed E-state index contributed by atoms with van der Waals surface area (Å²) in [6.45, 7) is 5.10. The van der Waals surface area contributed by atoms with Crippen molar-refractivity contribution in [3.63, 3.8) is 0 Å². The number of carbonyl (C=O) groups is 1. The number of aliphatic hydroxyl groups is 1. The van der Waals surface area contributed by atoms with Crippen LogP contribution >= 0.6 is 0 Å². The third kappa shape index (κ3) is 3.53. The fourth-order valence-electron chi connectivity index (χ4n) is 1.31. The topological polar surface area (TPSA) is 95.3 Å². The van der Waals surface area contributed by atoms with Crippen molar-refractivity contribution >= 4 is 11.9 Å². The number of carboxylic acids is 1. The van der Waals surface area contributed by atoms with Gasteiger partial charge in [-0.15, -0.1) is 6.58 Å². The number of aromatic nitrogens is 2. The van der Waals surface area contributed by atoms with Gasteiger partial charge in [0.15, 0.2) is 0 Å². The van der Waals surface area contributed by atoms with E-state index in [4.69, 9.17) is 10.2 Å². The fourth-order valence-corrected chi connectivity index (χ4v) is 1.31. The minimum Gasteiger partial charge on any atom is -0.478 e. The van der Waals surface area contributed by atoms with Crippen molar-refractivity contribution in [1.82, 2.24) is 9.97 Å². The summed E-state index contributed by atoms with van der Waals surface area (Å²) in [5, 5.41) is 20.8. The predicted molar refractivity (Wildman–Crippen MR) is 63.0 cm³/mol. The van der Waals surface area contributed by atoms with Gasteiger partial charge >= 0.3 is 5.97 Å². The highest BCUT2D eigenvalue weighted by Gasteiger charge is 2.12. The summed E-state index contributed by atoms with van der Waals surface area (Å²) in [5.41, 5.74) is 0.449. The van der Waals surface area contributed by atoms with Gasteiger partial charge in [0, 0.05) is 6.20 Å². The second-order valence-corrected chi connectivity index (χ2v) is 3.55. The van der Waals surface area contributed by atoms with E-state index in [2.05, 4.69) is 21.9 Å². The van der Waals surface area contributed by atoms with Gasteiger partial charge < -0.3 is 15.5 Å². The molecule has 0 saturated carbocycles. The second kappa shape index (κ2) is 5.95. The molecular weight excluding hydrogens is 222 g/mol. The molecule has 0 fully saturated rings. The van der Waals surface area contributed by atoms with Gasteiger partial charge in [0.25, 0.3) is 0 Å². The monoisotopic (exact) mass is 237 g/mol. The van der Waals surface area contributed by atoms with E-state index in [0.29, 0.717) is 18.1 Å². The summed E-state index contributed by atoms with van der Waals surface area (Å²) in [7, 11) is 0. The molecule has 1 atom stereocenters. The smallest absolute Gasteiger partial charge is 0.339 e. The molecule has 92 valence electrons. The van der Waals surface area contributed by atoms with E-state index in [0.717, 1.165) is 0 Å². The third-order valence-corrected chi connectivity index (χ3v) is 2.21. The van der Waals surface area contributed by atoms with Crippen LogP contribution in [0.25, 0.3) is 0 Å². The maximum absolute atomic E-state index is 10.8. The van der Waals surface area contributed by atoms with Crippen LogP contribution in [-0.4, -0.2) is 38.8 Å². The highest BCUT2D eigenvalue weighted by Crippen LogP contribution is 2.09. The number of aliphatic hydroxyl groups excluding tert-OH is 1. The standard InChI is InChI=1S/C11H15N3O3/c1-3-4-8(6-15)14-11-12-5-9(10(16)17)7(2)13-11/h3,5,8,15H,1,4,6H2,2H3,(H,16,17)(H,12,13,14). The van der Waals surface area contributed by atoms with E-state index >= 15 is 0 Å². The molecule has 6 nitrogen and oxygen atoms in total. The Morgan fingerprint density at radius 3 is 2.88 bits per heavy atom. The van der Waals surface area contributed by atoms with Crippen LogP contribution in [0.2, 0.25) is 0 Å². The largest absolute Gasteiger partial charge is 0.478 e. The number of aryl methyl sites for hydroxylation is 1. The molecule has 1 aromatic rings. The van der Waals surface area contributed by atoms with Crippen LogP contribution < -0.4 is 5.32 Å². The van der Waals surface area contributed by atoms with Crippen molar-refractivity contribution < 1.29 is 15.0 Å². The summed E-state index contributed by atoms with van der Waals surface area (Å²) < 4.78 is 0. The summed E-state index contributed by atoms with van der Waals surface area (Å²) in [6.07, 6.45) is 3.49. The zero-order valence-electron chi connectivity index (χ0n) is 9.55. The molecule has 0 aliphatic carbocycles. The SMILES string of the molecule is C=CCC(CO)Nc1ncc(C(=O)O)c(C)n1. The molecule has 0 saturated heterocycles. The molecule has 6 heteroatoms. The summed E-state index contributed by atoms with van der Waals surface area (Å²) >= 11 is 0. The Bertz CT molecular complexity index is 420. The van der Waals surface area contributed by atoms with Gasteiger partial charge in [-0.3, -0.25) is 0 Å². The van der Waals surface area contributed by atoms with Crippen molar-refractivity contribution in [3.8, 4) is 0 Å². The van der Waals surface area contributed by atoms with E-state index in [1.807, 2.05) is 0 Å². The predicted octanol–water partition coefficient (Wildman–Crippen LogP) is 0.832. The molecule has 3 N–H and O–H groups in total. The minimum absolute atomic E-state index is 0.0693. The third-order valence-electron chi connectivity index (χ3n) is 2.21. The molecule has 17 heavy (non-hydrogen) atoms. The van der Waals surface area contributed by atoms with Gasteiger partial charge in [-0.1, -0.05) is 6.08 Å². The first-order chi connectivity index (χ1) is 8.08. The first-order valence-electron chi connectivity index (χ1n) is 5.13. The Morgan fingerprint density at radius 1 is 1.71 bits per heavy atom.